The number of aromatic nitrogens is 1. The topological polar surface area (TPSA) is 48.4 Å². The van der Waals surface area contributed by atoms with Crippen LogP contribution in [0.1, 0.15) is 29.7 Å². The summed E-state index contributed by atoms with van der Waals surface area (Å²) >= 11 is 0. The zero-order chi connectivity index (χ0) is 17.8. The van der Waals surface area contributed by atoms with Crippen LogP contribution in [-0.4, -0.2) is 24.2 Å². The van der Waals surface area contributed by atoms with Crippen LogP contribution in [0.2, 0.25) is 0 Å². The summed E-state index contributed by atoms with van der Waals surface area (Å²) in [5, 5.41) is 14.1. The van der Waals surface area contributed by atoms with Gasteiger partial charge in [0, 0.05) is 32.1 Å². The van der Waals surface area contributed by atoms with Crippen molar-refractivity contribution in [2.45, 2.75) is 26.1 Å². The summed E-state index contributed by atoms with van der Waals surface area (Å²) < 4.78 is 0. The lowest BCUT2D eigenvalue weighted by atomic mass is 10.0. The molecule has 4 heteroatoms. The van der Waals surface area contributed by atoms with E-state index in [-0.39, 0.29) is 12.6 Å². The van der Waals surface area contributed by atoms with Crippen LogP contribution in [-0.2, 0) is 13.2 Å². The number of hydrogen-bond donors (Lipinski definition) is 2. The molecule has 0 saturated carbocycles. The molecule has 25 heavy (non-hydrogen) atoms. The third-order valence-corrected chi connectivity index (χ3v) is 4.48. The van der Waals surface area contributed by atoms with Gasteiger partial charge in [-0.3, -0.25) is 0 Å². The van der Waals surface area contributed by atoms with Gasteiger partial charge in [-0.15, -0.1) is 0 Å². The molecule has 0 aliphatic heterocycles. The van der Waals surface area contributed by atoms with Crippen LogP contribution in [0.25, 0.3) is 10.9 Å². The first kappa shape index (κ1) is 17.4. The van der Waals surface area contributed by atoms with Gasteiger partial charge in [-0.05, 0) is 35.7 Å². The molecule has 0 aliphatic rings. The molecule has 3 aromatic rings. The molecule has 0 saturated heterocycles. The van der Waals surface area contributed by atoms with E-state index in [1.807, 2.05) is 43.3 Å². The van der Waals surface area contributed by atoms with Crippen molar-refractivity contribution < 1.29 is 5.11 Å². The number of anilines is 1. The second-order valence-corrected chi connectivity index (χ2v) is 6.56. The molecule has 4 nitrogen and oxygen atoms in total. The Morgan fingerprint density at radius 1 is 1.08 bits per heavy atom. The van der Waals surface area contributed by atoms with Crippen molar-refractivity contribution in [1.82, 2.24) is 10.3 Å². The Bertz CT molecular complexity index is 861. The van der Waals surface area contributed by atoms with Crippen molar-refractivity contribution in [3.8, 4) is 0 Å². The molecule has 130 valence electrons. The van der Waals surface area contributed by atoms with E-state index in [9.17, 15) is 5.11 Å². The Morgan fingerprint density at radius 3 is 2.64 bits per heavy atom. The van der Waals surface area contributed by atoms with Gasteiger partial charge in [0.1, 0.15) is 5.82 Å². The fourth-order valence-corrected chi connectivity index (χ4v) is 2.95. The largest absolute Gasteiger partial charge is 0.392 e. The predicted octanol–water partition coefficient (Wildman–Crippen LogP) is 3.64. The number of aliphatic hydroxyl groups excluding tert-OH is 1. The zero-order valence-electron chi connectivity index (χ0n) is 15.0. The van der Waals surface area contributed by atoms with E-state index in [2.05, 4.69) is 42.6 Å². The van der Waals surface area contributed by atoms with E-state index in [4.69, 9.17) is 4.98 Å². The average molecular weight is 335 g/mol. The minimum atomic E-state index is 0.0712. The molecular weight excluding hydrogens is 310 g/mol. The number of aliphatic hydroxyl groups is 1. The molecule has 2 aromatic carbocycles. The third kappa shape index (κ3) is 3.98. The van der Waals surface area contributed by atoms with Crippen LogP contribution in [0.15, 0.2) is 54.6 Å². The molecule has 0 fully saturated rings. The van der Waals surface area contributed by atoms with Gasteiger partial charge in [-0.25, -0.2) is 4.98 Å². The van der Waals surface area contributed by atoms with E-state index in [0.29, 0.717) is 0 Å². The number of hydrogen-bond acceptors (Lipinski definition) is 4. The highest BCUT2D eigenvalue weighted by atomic mass is 16.3. The number of nitrogens with one attached hydrogen (secondary N) is 1. The number of benzene rings is 2. The van der Waals surface area contributed by atoms with Gasteiger partial charge in [0.05, 0.1) is 12.1 Å². The van der Waals surface area contributed by atoms with E-state index in [1.54, 1.807) is 0 Å². The number of nitrogens with zero attached hydrogens (tertiary/aromatic N) is 2. The molecule has 1 unspecified atom stereocenters. The van der Waals surface area contributed by atoms with E-state index in [1.165, 1.54) is 16.5 Å². The third-order valence-electron chi connectivity index (χ3n) is 4.48. The first-order valence-corrected chi connectivity index (χ1v) is 8.57. The van der Waals surface area contributed by atoms with Gasteiger partial charge in [0.2, 0.25) is 0 Å². The molecule has 0 bridgehead atoms. The van der Waals surface area contributed by atoms with E-state index in [0.717, 1.165) is 23.4 Å². The maximum absolute atomic E-state index is 9.32. The molecule has 0 amide bonds. The molecule has 0 aliphatic carbocycles. The van der Waals surface area contributed by atoms with Crippen molar-refractivity contribution >= 4 is 16.7 Å². The minimum Gasteiger partial charge on any atom is -0.392 e. The highest BCUT2D eigenvalue weighted by Crippen LogP contribution is 2.23. The van der Waals surface area contributed by atoms with Crippen LogP contribution in [0.3, 0.4) is 0 Å². The standard InChI is InChI=1S/C21H25N3O/c1-15(17-8-6-7-16(11-17)14-25)22-13-18-12-21(24(2)3)23-20-10-5-4-9-19(18)20/h4-12,15,22,25H,13-14H2,1-3H3. The SMILES string of the molecule is CC(NCc1cc(N(C)C)nc2ccccc12)c1cccc(CO)c1. The summed E-state index contributed by atoms with van der Waals surface area (Å²) in [6.07, 6.45) is 0. The minimum absolute atomic E-state index is 0.0712. The Balaban J connectivity index is 1.84. The van der Waals surface area contributed by atoms with Crippen molar-refractivity contribution in [3.63, 3.8) is 0 Å². The Morgan fingerprint density at radius 2 is 1.88 bits per heavy atom. The smallest absolute Gasteiger partial charge is 0.129 e. The van der Waals surface area contributed by atoms with Gasteiger partial charge in [-0.1, -0.05) is 42.5 Å². The number of fused-ring (bicyclic) bond motifs is 1. The highest BCUT2D eigenvalue weighted by Gasteiger charge is 2.10. The normalized spacial score (nSPS) is 12.3. The van der Waals surface area contributed by atoms with Gasteiger partial charge < -0.3 is 15.3 Å². The van der Waals surface area contributed by atoms with E-state index < -0.39 is 0 Å². The second kappa shape index (κ2) is 7.64. The van der Waals surface area contributed by atoms with Gasteiger partial charge in [0.25, 0.3) is 0 Å². The van der Waals surface area contributed by atoms with Crippen LogP contribution in [0.4, 0.5) is 5.82 Å². The first-order chi connectivity index (χ1) is 12.1. The monoisotopic (exact) mass is 335 g/mol. The summed E-state index contributed by atoms with van der Waals surface area (Å²) in [5.74, 6) is 0.963. The molecule has 0 spiro atoms. The van der Waals surface area contributed by atoms with Gasteiger partial charge >= 0.3 is 0 Å². The summed E-state index contributed by atoms with van der Waals surface area (Å²) in [7, 11) is 4.02. The Labute approximate surface area is 149 Å². The lowest BCUT2D eigenvalue weighted by molar-refractivity contribution is 0.281. The molecular formula is C21H25N3O. The molecule has 1 atom stereocenters. The number of para-hydroxylation sites is 1. The molecule has 2 N–H and O–H groups in total. The summed E-state index contributed by atoms with van der Waals surface area (Å²) in [6, 6.07) is 18.7. The van der Waals surface area contributed by atoms with Crippen molar-refractivity contribution in [2.24, 2.45) is 0 Å². The van der Waals surface area contributed by atoms with Gasteiger partial charge in [0.15, 0.2) is 0 Å². The number of pyridine rings is 1. The molecule has 1 aromatic heterocycles. The number of rotatable bonds is 6. The van der Waals surface area contributed by atoms with Crippen molar-refractivity contribution in [3.05, 3.63) is 71.3 Å². The quantitative estimate of drug-likeness (QED) is 0.722. The fraction of sp³-hybridized carbons (Fsp3) is 0.286. The van der Waals surface area contributed by atoms with Crippen LogP contribution < -0.4 is 10.2 Å². The maximum atomic E-state index is 9.32. The highest BCUT2D eigenvalue weighted by molar-refractivity contribution is 5.84. The summed E-state index contributed by atoms with van der Waals surface area (Å²) in [5.41, 5.74) is 4.37. The first-order valence-electron chi connectivity index (χ1n) is 8.57. The molecule has 1 heterocycles. The van der Waals surface area contributed by atoms with Crippen LogP contribution in [0, 0.1) is 0 Å². The van der Waals surface area contributed by atoms with Crippen LogP contribution >= 0.6 is 0 Å². The zero-order valence-corrected chi connectivity index (χ0v) is 15.0. The summed E-state index contributed by atoms with van der Waals surface area (Å²) in [4.78, 5) is 6.75. The lowest BCUT2D eigenvalue weighted by Gasteiger charge is -2.18. The van der Waals surface area contributed by atoms with Crippen molar-refractivity contribution in [2.75, 3.05) is 19.0 Å². The summed E-state index contributed by atoms with van der Waals surface area (Å²) in [6.45, 7) is 2.98. The Kier molecular flexibility index (Phi) is 5.31. The maximum Gasteiger partial charge on any atom is 0.129 e. The molecule has 3 rings (SSSR count). The lowest BCUT2D eigenvalue weighted by Crippen LogP contribution is -2.19. The van der Waals surface area contributed by atoms with E-state index >= 15 is 0 Å². The van der Waals surface area contributed by atoms with Crippen LogP contribution in [0.5, 0.6) is 0 Å². The molecule has 0 radical (unpaired) electrons. The Hall–Kier alpha value is -2.43. The van der Waals surface area contributed by atoms with Crippen molar-refractivity contribution in [1.29, 1.82) is 0 Å². The fourth-order valence-electron chi connectivity index (χ4n) is 2.95. The average Bonchev–Trinajstić information content (AvgIpc) is 2.65. The second-order valence-electron chi connectivity index (χ2n) is 6.56. The predicted molar refractivity (Wildman–Crippen MR) is 104 cm³/mol. The van der Waals surface area contributed by atoms with Gasteiger partial charge in [-0.2, -0.15) is 0 Å².